The Balaban J connectivity index is 2.00. The predicted molar refractivity (Wildman–Crippen MR) is 74.8 cm³/mol. The van der Waals surface area contributed by atoms with E-state index in [0.717, 1.165) is 5.65 Å². The third-order valence-electron chi connectivity index (χ3n) is 3.51. The second kappa shape index (κ2) is 4.63. The number of aromatic nitrogens is 2. The largest absolute Gasteiger partial charge is 0.329 e. The second-order valence-electron chi connectivity index (χ2n) is 5.21. The predicted octanol–water partition coefficient (Wildman–Crippen LogP) is 1.90. The van der Waals surface area contributed by atoms with Crippen LogP contribution >= 0.6 is 0 Å². The molecule has 1 fully saturated rings. The van der Waals surface area contributed by atoms with E-state index in [4.69, 9.17) is 0 Å². The van der Waals surface area contributed by atoms with Crippen molar-refractivity contribution in [2.75, 3.05) is 11.4 Å². The number of hydrogen-bond donors (Lipinski definition) is 1. The van der Waals surface area contributed by atoms with Gasteiger partial charge < -0.3 is 0 Å². The van der Waals surface area contributed by atoms with Gasteiger partial charge in [-0.15, -0.1) is 0 Å². The van der Waals surface area contributed by atoms with E-state index < -0.39 is 6.03 Å². The molecule has 2 aromatic rings. The molecule has 3 rings (SSSR count). The Morgan fingerprint density at radius 1 is 1.35 bits per heavy atom. The van der Waals surface area contributed by atoms with Crippen LogP contribution in [-0.4, -0.2) is 27.9 Å². The number of fused-ring (bicyclic) bond motifs is 1. The van der Waals surface area contributed by atoms with Crippen LogP contribution in [0.15, 0.2) is 24.5 Å². The molecule has 1 aliphatic rings. The molecular weight excluding hydrogens is 256 g/mol. The fraction of sp³-hybridized carbons (Fsp3) is 0.357. The number of imide groups is 1. The number of carbonyl (C=O) groups is 2. The molecule has 1 N–H and O–H groups in total. The molecule has 104 valence electrons. The van der Waals surface area contributed by atoms with Crippen LogP contribution in [0.25, 0.3) is 5.65 Å². The summed E-state index contributed by atoms with van der Waals surface area (Å²) in [6.07, 6.45) is 3.88. The Kier molecular flexibility index (Phi) is 2.93. The minimum Gasteiger partial charge on any atom is -0.286 e. The number of nitrogens with one attached hydrogen (secondary N) is 1. The minimum absolute atomic E-state index is 0.234. The maximum Gasteiger partial charge on any atom is 0.329 e. The number of hydrogen-bond acceptors (Lipinski definition) is 3. The van der Waals surface area contributed by atoms with Crippen LogP contribution in [0.2, 0.25) is 0 Å². The zero-order chi connectivity index (χ0) is 14.3. The summed E-state index contributed by atoms with van der Waals surface area (Å²) in [5, 5.41) is 2.32. The number of amides is 3. The highest BCUT2D eigenvalue weighted by Crippen LogP contribution is 2.22. The van der Waals surface area contributed by atoms with Gasteiger partial charge >= 0.3 is 6.03 Å². The van der Waals surface area contributed by atoms with Gasteiger partial charge in [0.1, 0.15) is 11.5 Å². The fourth-order valence-corrected chi connectivity index (χ4v) is 2.32. The maximum atomic E-state index is 11.9. The molecule has 1 aliphatic heterocycles. The lowest BCUT2D eigenvalue weighted by Gasteiger charge is -2.25. The van der Waals surface area contributed by atoms with Crippen LogP contribution in [0.1, 0.15) is 31.7 Å². The van der Waals surface area contributed by atoms with E-state index in [9.17, 15) is 9.59 Å². The van der Waals surface area contributed by atoms with Gasteiger partial charge in [-0.25, -0.2) is 9.78 Å². The Bertz CT molecular complexity index is 690. The van der Waals surface area contributed by atoms with E-state index >= 15 is 0 Å². The molecule has 20 heavy (non-hydrogen) atoms. The van der Waals surface area contributed by atoms with Crippen LogP contribution in [0.4, 0.5) is 10.6 Å². The zero-order valence-electron chi connectivity index (χ0n) is 11.5. The Labute approximate surface area is 116 Å². The summed E-state index contributed by atoms with van der Waals surface area (Å²) in [5.74, 6) is 0.874. The van der Waals surface area contributed by atoms with Crippen molar-refractivity contribution in [1.82, 2.24) is 14.7 Å². The summed E-state index contributed by atoms with van der Waals surface area (Å²) in [5.41, 5.74) is 2.00. The second-order valence-corrected chi connectivity index (χ2v) is 5.21. The number of rotatable bonds is 2. The number of nitrogens with zero attached hydrogens (tertiary/aromatic N) is 3. The Hall–Kier alpha value is -2.37. The van der Waals surface area contributed by atoms with Crippen molar-refractivity contribution in [3.05, 3.63) is 30.1 Å². The van der Waals surface area contributed by atoms with Gasteiger partial charge in [-0.3, -0.25) is 19.4 Å². The molecule has 6 heteroatoms. The monoisotopic (exact) mass is 272 g/mol. The average molecular weight is 272 g/mol. The lowest BCUT2D eigenvalue weighted by molar-refractivity contribution is -0.120. The highest BCUT2D eigenvalue weighted by atomic mass is 16.2. The minimum atomic E-state index is -0.393. The van der Waals surface area contributed by atoms with Gasteiger partial charge in [-0.1, -0.05) is 13.8 Å². The smallest absolute Gasteiger partial charge is 0.286 e. The Morgan fingerprint density at radius 2 is 2.15 bits per heavy atom. The van der Waals surface area contributed by atoms with Crippen molar-refractivity contribution in [3.63, 3.8) is 0 Å². The van der Waals surface area contributed by atoms with Crippen LogP contribution in [0.5, 0.6) is 0 Å². The molecule has 0 radical (unpaired) electrons. The van der Waals surface area contributed by atoms with Gasteiger partial charge in [0.15, 0.2) is 0 Å². The summed E-state index contributed by atoms with van der Waals surface area (Å²) in [6, 6.07) is 3.65. The highest BCUT2D eigenvalue weighted by molar-refractivity contribution is 6.05. The van der Waals surface area contributed by atoms with Gasteiger partial charge in [-0.05, 0) is 23.6 Å². The van der Waals surface area contributed by atoms with E-state index in [-0.39, 0.29) is 5.91 Å². The number of carbonyl (C=O) groups excluding carboxylic acids is 2. The van der Waals surface area contributed by atoms with E-state index in [2.05, 4.69) is 24.1 Å². The van der Waals surface area contributed by atoms with Crippen LogP contribution in [0, 0.1) is 0 Å². The zero-order valence-corrected chi connectivity index (χ0v) is 11.5. The maximum absolute atomic E-state index is 11.9. The van der Waals surface area contributed by atoms with Crippen LogP contribution in [0.3, 0.4) is 0 Å². The summed E-state index contributed by atoms with van der Waals surface area (Å²) in [6.45, 7) is 4.63. The van der Waals surface area contributed by atoms with Gasteiger partial charge in [0.2, 0.25) is 5.91 Å². The molecule has 0 saturated carbocycles. The molecule has 1 saturated heterocycles. The number of anilines is 1. The standard InChI is InChI=1S/C14H16N4O2/c1-9(2)10-3-5-17-11(7-10)15-8-13(17)18-6-4-12(19)16-14(18)20/h3,5,7-9H,4,6H2,1-2H3,(H,16,19,20). The molecule has 0 spiro atoms. The summed E-state index contributed by atoms with van der Waals surface area (Å²) in [4.78, 5) is 29.0. The van der Waals surface area contributed by atoms with Gasteiger partial charge in [0, 0.05) is 19.2 Å². The third kappa shape index (κ3) is 2.03. The third-order valence-corrected chi connectivity index (χ3v) is 3.51. The topological polar surface area (TPSA) is 66.7 Å². The lowest BCUT2D eigenvalue weighted by atomic mass is 10.1. The summed E-state index contributed by atoms with van der Waals surface area (Å²) >= 11 is 0. The normalized spacial score (nSPS) is 16.1. The van der Waals surface area contributed by atoms with Crippen molar-refractivity contribution in [3.8, 4) is 0 Å². The number of urea groups is 1. The first kappa shape index (κ1) is 12.7. The highest BCUT2D eigenvalue weighted by Gasteiger charge is 2.26. The quantitative estimate of drug-likeness (QED) is 0.908. The molecule has 0 bridgehead atoms. The van der Waals surface area contributed by atoms with Gasteiger partial charge in [-0.2, -0.15) is 0 Å². The number of imidazole rings is 1. The van der Waals surface area contributed by atoms with E-state index in [1.807, 2.05) is 22.7 Å². The van der Waals surface area contributed by atoms with E-state index in [1.54, 1.807) is 6.20 Å². The van der Waals surface area contributed by atoms with Crippen LogP contribution in [-0.2, 0) is 4.79 Å². The lowest BCUT2D eigenvalue weighted by Crippen LogP contribution is -2.50. The van der Waals surface area contributed by atoms with Crippen molar-refractivity contribution < 1.29 is 9.59 Å². The average Bonchev–Trinajstić information content (AvgIpc) is 2.81. The van der Waals surface area contributed by atoms with Crippen molar-refractivity contribution in [1.29, 1.82) is 0 Å². The van der Waals surface area contributed by atoms with Crippen LogP contribution < -0.4 is 10.2 Å². The molecule has 0 aromatic carbocycles. The Morgan fingerprint density at radius 3 is 2.85 bits per heavy atom. The summed E-state index contributed by atoms with van der Waals surface area (Å²) < 4.78 is 1.86. The van der Waals surface area contributed by atoms with Gasteiger partial charge in [0.05, 0.1) is 6.20 Å². The molecule has 2 aromatic heterocycles. The molecule has 6 nitrogen and oxygen atoms in total. The van der Waals surface area contributed by atoms with Gasteiger partial charge in [0.25, 0.3) is 0 Å². The molecule has 3 heterocycles. The molecule has 3 amide bonds. The molecule has 0 unspecified atom stereocenters. The summed E-state index contributed by atoms with van der Waals surface area (Å²) in [7, 11) is 0. The fourth-order valence-electron chi connectivity index (χ4n) is 2.32. The van der Waals surface area contributed by atoms with E-state index in [1.165, 1.54) is 10.5 Å². The van der Waals surface area contributed by atoms with Crippen molar-refractivity contribution in [2.24, 2.45) is 0 Å². The molecule has 0 aliphatic carbocycles. The SMILES string of the molecule is CC(C)c1ccn2c(N3CCC(=O)NC3=O)cnc2c1. The van der Waals surface area contributed by atoms with E-state index in [0.29, 0.717) is 24.7 Å². The van der Waals surface area contributed by atoms with Crippen molar-refractivity contribution >= 4 is 23.4 Å². The first-order chi connectivity index (χ1) is 9.56. The molecule has 0 atom stereocenters. The first-order valence-electron chi connectivity index (χ1n) is 6.64. The first-order valence-corrected chi connectivity index (χ1v) is 6.64. The van der Waals surface area contributed by atoms with Crippen molar-refractivity contribution in [2.45, 2.75) is 26.2 Å². The number of pyridine rings is 1. The molecular formula is C14H16N4O2.